The highest BCUT2D eigenvalue weighted by molar-refractivity contribution is 5.99. The molecule has 0 fully saturated rings. The molecule has 8 nitrogen and oxygen atoms in total. The van der Waals surface area contributed by atoms with Gasteiger partial charge in [0.15, 0.2) is 12.4 Å². The van der Waals surface area contributed by atoms with Crippen molar-refractivity contribution in [3.05, 3.63) is 69.3 Å². The molecule has 8 heteroatoms. The van der Waals surface area contributed by atoms with Crippen molar-refractivity contribution < 1.29 is 24.0 Å². The number of nitro groups is 1. The van der Waals surface area contributed by atoms with Crippen LogP contribution in [0.15, 0.2) is 42.5 Å². The number of para-hydroxylation sites is 2. The molecule has 0 unspecified atom stereocenters. The number of ether oxygens (including phenoxy) is 1. The molecular weight excluding hydrogens is 364 g/mol. The molecule has 0 radical (unpaired) electrons. The van der Waals surface area contributed by atoms with Gasteiger partial charge in [0.25, 0.3) is 11.6 Å². The first-order valence-corrected chi connectivity index (χ1v) is 8.57. The molecule has 0 aliphatic rings. The van der Waals surface area contributed by atoms with Crippen LogP contribution in [0.1, 0.15) is 34.3 Å². The predicted molar refractivity (Wildman–Crippen MR) is 102 cm³/mol. The van der Waals surface area contributed by atoms with Gasteiger partial charge < -0.3 is 10.1 Å². The zero-order chi connectivity index (χ0) is 20.7. The summed E-state index contributed by atoms with van der Waals surface area (Å²) in [5, 5.41) is 13.2. The van der Waals surface area contributed by atoms with Crippen molar-refractivity contribution in [2.24, 2.45) is 0 Å². The number of nitrogens with zero attached hydrogens (tertiary/aromatic N) is 1. The first-order valence-electron chi connectivity index (χ1n) is 8.57. The number of benzene rings is 2. The van der Waals surface area contributed by atoms with Gasteiger partial charge in [0, 0.05) is 18.1 Å². The van der Waals surface area contributed by atoms with E-state index in [1.54, 1.807) is 6.07 Å². The number of nitro benzene ring substituents is 1. The lowest BCUT2D eigenvalue weighted by molar-refractivity contribution is -0.383. The van der Waals surface area contributed by atoms with Crippen LogP contribution in [0, 0.1) is 24.0 Å². The maximum atomic E-state index is 12.3. The molecular formula is C20H20N2O6. The summed E-state index contributed by atoms with van der Waals surface area (Å²) in [6, 6.07) is 11.1. The number of carbonyl (C=O) groups is 3. The molecule has 0 aliphatic heterocycles. The summed E-state index contributed by atoms with van der Waals surface area (Å²) in [6.07, 6.45) is -0.195. The van der Waals surface area contributed by atoms with Gasteiger partial charge in [-0.05, 0) is 31.5 Å². The number of esters is 1. The van der Waals surface area contributed by atoms with Crippen LogP contribution >= 0.6 is 0 Å². The molecule has 2 aromatic rings. The fourth-order valence-electron chi connectivity index (χ4n) is 2.53. The van der Waals surface area contributed by atoms with Crippen molar-refractivity contribution in [3.8, 4) is 0 Å². The number of Topliss-reactive ketones (excluding diaryl/α,β-unsaturated/α-hetero) is 1. The molecule has 0 saturated heterocycles. The van der Waals surface area contributed by atoms with Crippen LogP contribution in [0.4, 0.5) is 11.4 Å². The highest BCUT2D eigenvalue weighted by Crippen LogP contribution is 2.23. The van der Waals surface area contributed by atoms with E-state index in [-0.39, 0.29) is 30.0 Å². The number of nitrogens with one attached hydrogen (secondary N) is 1. The van der Waals surface area contributed by atoms with Crippen LogP contribution < -0.4 is 5.32 Å². The molecule has 146 valence electrons. The van der Waals surface area contributed by atoms with E-state index in [0.717, 1.165) is 11.1 Å². The summed E-state index contributed by atoms with van der Waals surface area (Å²) in [6.45, 7) is 3.10. The Morgan fingerprint density at radius 1 is 1.07 bits per heavy atom. The summed E-state index contributed by atoms with van der Waals surface area (Å²) in [5.74, 6) is -1.58. The third-order valence-corrected chi connectivity index (χ3v) is 3.99. The van der Waals surface area contributed by atoms with Gasteiger partial charge in [0.1, 0.15) is 5.69 Å². The molecule has 28 heavy (non-hydrogen) atoms. The Kier molecular flexibility index (Phi) is 6.97. The fraction of sp³-hybridized carbons (Fsp3) is 0.250. The van der Waals surface area contributed by atoms with Crippen molar-refractivity contribution >= 4 is 29.0 Å². The number of carbonyl (C=O) groups excluding carboxylic acids is 3. The largest absolute Gasteiger partial charge is 0.456 e. The first kappa shape index (κ1) is 20.8. The van der Waals surface area contributed by atoms with Crippen LogP contribution in [0.25, 0.3) is 0 Å². The van der Waals surface area contributed by atoms with Gasteiger partial charge >= 0.3 is 5.97 Å². The van der Waals surface area contributed by atoms with Crippen molar-refractivity contribution in [2.75, 3.05) is 11.9 Å². The van der Waals surface area contributed by atoms with Gasteiger partial charge in [-0.1, -0.05) is 29.8 Å². The van der Waals surface area contributed by atoms with E-state index in [2.05, 4.69) is 5.32 Å². The molecule has 1 amide bonds. The zero-order valence-electron chi connectivity index (χ0n) is 15.6. The number of hydrogen-bond donors (Lipinski definition) is 1. The first-order chi connectivity index (χ1) is 13.3. The van der Waals surface area contributed by atoms with Crippen molar-refractivity contribution in [3.63, 3.8) is 0 Å². The van der Waals surface area contributed by atoms with Crippen LogP contribution in [-0.2, 0) is 14.3 Å². The van der Waals surface area contributed by atoms with Gasteiger partial charge in [0.05, 0.1) is 11.3 Å². The minimum atomic E-state index is -0.705. The minimum Gasteiger partial charge on any atom is -0.456 e. The van der Waals surface area contributed by atoms with E-state index < -0.39 is 23.4 Å². The molecule has 2 rings (SSSR count). The second kappa shape index (κ2) is 9.40. The molecule has 2 aromatic carbocycles. The SMILES string of the molecule is Cc1ccc(C)c(C(=O)CCC(=O)OCC(=O)Nc2ccccc2[N+](=O)[O-])c1. The summed E-state index contributed by atoms with van der Waals surface area (Å²) in [7, 11) is 0. The minimum absolute atomic E-state index is 0.0126. The van der Waals surface area contributed by atoms with Gasteiger partial charge in [-0.25, -0.2) is 0 Å². The van der Waals surface area contributed by atoms with E-state index in [0.29, 0.717) is 5.56 Å². The van der Waals surface area contributed by atoms with E-state index in [9.17, 15) is 24.5 Å². The molecule has 0 aliphatic carbocycles. The van der Waals surface area contributed by atoms with Crippen molar-refractivity contribution in [1.29, 1.82) is 0 Å². The molecule has 0 aromatic heterocycles. The number of ketones is 1. The van der Waals surface area contributed by atoms with Gasteiger partial charge in [-0.3, -0.25) is 24.5 Å². The smallest absolute Gasteiger partial charge is 0.306 e. The normalized spacial score (nSPS) is 10.2. The zero-order valence-corrected chi connectivity index (χ0v) is 15.6. The lowest BCUT2D eigenvalue weighted by Crippen LogP contribution is -2.21. The Bertz CT molecular complexity index is 923. The van der Waals surface area contributed by atoms with Crippen LogP contribution in [0.2, 0.25) is 0 Å². The molecule has 0 saturated carbocycles. The Morgan fingerprint density at radius 2 is 1.79 bits per heavy atom. The fourth-order valence-corrected chi connectivity index (χ4v) is 2.53. The molecule has 0 spiro atoms. The van der Waals surface area contributed by atoms with E-state index in [1.165, 1.54) is 24.3 Å². The lowest BCUT2D eigenvalue weighted by atomic mass is 9.99. The molecule has 1 N–H and O–H groups in total. The summed E-state index contributed by atoms with van der Waals surface area (Å²) in [4.78, 5) is 46.2. The van der Waals surface area contributed by atoms with E-state index in [4.69, 9.17) is 4.74 Å². The number of rotatable bonds is 8. The molecule has 0 heterocycles. The van der Waals surface area contributed by atoms with Crippen molar-refractivity contribution in [1.82, 2.24) is 0 Å². The highest BCUT2D eigenvalue weighted by atomic mass is 16.6. The topological polar surface area (TPSA) is 116 Å². The summed E-state index contributed by atoms with van der Waals surface area (Å²) < 4.78 is 4.84. The second-order valence-electron chi connectivity index (χ2n) is 6.22. The number of aryl methyl sites for hydroxylation is 2. The van der Waals surface area contributed by atoms with E-state index in [1.807, 2.05) is 26.0 Å². The third kappa shape index (κ3) is 5.73. The molecule has 0 bridgehead atoms. The Balaban J connectivity index is 1.82. The van der Waals surface area contributed by atoms with Crippen LogP contribution in [0.3, 0.4) is 0 Å². The average molecular weight is 384 g/mol. The van der Waals surface area contributed by atoms with Crippen LogP contribution in [0.5, 0.6) is 0 Å². The average Bonchev–Trinajstić information content (AvgIpc) is 2.66. The van der Waals surface area contributed by atoms with Crippen molar-refractivity contribution in [2.45, 2.75) is 26.7 Å². The third-order valence-electron chi connectivity index (χ3n) is 3.99. The number of amides is 1. The van der Waals surface area contributed by atoms with Gasteiger partial charge in [0.2, 0.25) is 0 Å². The van der Waals surface area contributed by atoms with Gasteiger partial charge in [-0.15, -0.1) is 0 Å². The molecule has 0 atom stereocenters. The summed E-state index contributed by atoms with van der Waals surface area (Å²) in [5.41, 5.74) is 2.08. The van der Waals surface area contributed by atoms with E-state index >= 15 is 0 Å². The Labute approximate surface area is 161 Å². The second-order valence-corrected chi connectivity index (χ2v) is 6.22. The highest BCUT2D eigenvalue weighted by Gasteiger charge is 2.17. The Morgan fingerprint density at radius 3 is 2.50 bits per heavy atom. The monoisotopic (exact) mass is 384 g/mol. The lowest BCUT2D eigenvalue weighted by Gasteiger charge is -2.08. The maximum Gasteiger partial charge on any atom is 0.306 e. The van der Waals surface area contributed by atoms with Gasteiger partial charge in [-0.2, -0.15) is 0 Å². The Hall–Kier alpha value is -3.55. The number of hydrogen-bond acceptors (Lipinski definition) is 6. The quantitative estimate of drug-likeness (QED) is 0.323. The standard InChI is InChI=1S/C20H20N2O6/c1-13-7-8-14(2)15(11-13)18(23)9-10-20(25)28-12-19(24)21-16-5-3-4-6-17(16)22(26)27/h3-8,11H,9-10,12H2,1-2H3,(H,21,24). The number of anilines is 1. The van der Waals surface area contributed by atoms with Crippen LogP contribution in [-0.4, -0.2) is 29.2 Å². The summed E-state index contributed by atoms with van der Waals surface area (Å²) >= 11 is 0. The predicted octanol–water partition coefficient (Wildman–Crippen LogP) is 3.36. The maximum absolute atomic E-state index is 12.3.